The van der Waals surface area contributed by atoms with Gasteiger partial charge < -0.3 is 9.97 Å². The molecule has 1 atom stereocenters. The summed E-state index contributed by atoms with van der Waals surface area (Å²) in [7, 11) is 0. The van der Waals surface area contributed by atoms with Gasteiger partial charge in [0.25, 0.3) is 0 Å². The molecule has 0 aliphatic heterocycles. The van der Waals surface area contributed by atoms with Gasteiger partial charge in [0, 0.05) is 4.47 Å². The lowest BCUT2D eigenvalue weighted by Gasteiger charge is -2.30. The lowest BCUT2D eigenvalue weighted by molar-refractivity contribution is 0.283. The molecule has 1 aliphatic carbocycles. The molecule has 2 N–H and O–H groups in total. The zero-order valence-corrected chi connectivity index (χ0v) is 13.7. The van der Waals surface area contributed by atoms with Crippen molar-refractivity contribution < 1.29 is 0 Å². The number of H-pyrrole nitrogens is 2. The number of hydrogen-bond donors (Lipinski definition) is 2. The van der Waals surface area contributed by atoms with E-state index in [0.717, 1.165) is 27.0 Å². The minimum atomic E-state index is -0.179. The molecule has 1 aromatic carbocycles. The van der Waals surface area contributed by atoms with Crippen molar-refractivity contribution in [3.8, 4) is 0 Å². The Hall–Kier alpha value is -0.740. The van der Waals surface area contributed by atoms with Gasteiger partial charge in [0.2, 0.25) is 0 Å². The first-order valence-corrected chi connectivity index (χ1v) is 8.33. The maximum absolute atomic E-state index is 11.4. The highest BCUT2D eigenvalue weighted by molar-refractivity contribution is 9.10. The molecule has 20 heavy (non-hydrogen) atoms. The van der Waals surface area contributed by atoms with Crippen LogP contribution in [-0.4, -0.2) is 9.97 Å². The van der Waals surface area contributed by atoms with Gasteiger partial charge in [-0.1, -0.05) is 35.7 Å². The molecule has 3 rings (SSSR count). The van der Waals surface area contributed by atoms with Crippen molar-refractivity contribution in [1.29, 1.82) is 0 Å². The molecular weight excluding hydrogens is 340 g/mol. The smallest absolute Gasteiger partial charge is 0.306 e. The van der Waals surface area contributed by atoms with Crippen LogP contribution < -0.4 is 5.69 Å². The van der Waals surface area contributed by atoms with E-state index >= 15 is 0 Å². The van der Waals surface area contributed by atoms with Gasteiger partial charge >= 0.3 is 5.69 Å². The summed E-state index contributed by atoms with van der Waals surface area (Å²) in [4.78, 5) is 16.9. The number of hydrogen-bond acceptors (Lipinski definition) is 1. The average molecular weight is 358 g/mol. The van der Waals surface area contributed by atoms with E-state index in [9.17, 15) is 4.79 Å². The van der Waals surface area contributed by atoms with Crippen LogP contribution in [0.15, 0.2) is 21.4 Å². The van der Waals surface area contributed by atoms with Gasteiger partial charge in [-0.05, 0) is 42.4 Å². The summed E-state index contributed by atoms with van der Waals surface area (Å²) in [6.07, 6.45) is 4.89. The van der Waals surface area contributed by atoms with Crippen molar-refractivity contribution in [3.05, 3.63) is 32.7 Å². The second kappa shape index (κ2) is 5.57. The molecule has 108 valence electrons. The maximum atomic E-state index is 11.4. The molecule has 3 nitrogen and oxygen atoms in total. The first kappa shape index (κ1) is 14.2. The Morgan fingerprint density at radius 1 is 1.20 bits per heavy atom. The van der Waals surface area contributed by atoms with Crippen LogP contribution in [0.3, 0.4) is 0 Å². The predicted octanol–water partition coefficient (Wildman–Crippen LogP) is 4.72. The molecule has 0 spiro atoms. The number of imidazole rings is 1. The number of aromatic nitrogens is 2. The van der Waals surface area contributed by atoms with Crippen molar-refractivity contribution in [2.75, 3.05) is 0 Å². The molecule has 0 saturated heterocycles. The molecule has 1 fully saturated rings. The minimum Gasteiger partial charge on any atom is -0.306 e. The van der Waals surface area contributed by atoms with Gasteiger partial charge in [0.1, 0.15) is 0 Å². The average Bonchev–Trinajstić information content (AvgIpc) is 2.77. The van der Waals surface area contributed by atoms with Crippen LogP contribution in [0.4, 0.5) is 0 Å². The van der Waals surface area contributed by atoms with Crippen LogP contribution in [-0.2, 0) is 0 Å². The number of fused-ring (bicyclic) bond motifs is 1. The summed E-state index contributed by atoms with van der Waals surface area (Å²) < 4.78 is 0.971. The summed E-state index contributed by atoms with van der Waals surface area (Å²) in [6, 6.07) is 3.93. The normalized spacial score (nSPS) is 24.9. The highest BCUT2D eigenvalue weighted by Gasteiger charge is 2.27. The number of benzene rings is 1. The molecule has 0 bridgehead atoms. The Labute approximate surface area is 131 Å². The first-order valence-electron chi connectivity index (χ1n) is 7.10. The molecule has 1 unspecified atom stereocenters. The van der Waals surface area contributed by atoms with Gasteiger partial charge in [0.05, 0.1) is 16.4 Å². The van der Waals surface area contributed by atoms with Crippen molar-refractivity contribution in [3.63, 3.8) is 0 Å². The second-order valence-electron chi connectivity index (χ2n) is 5.92. The lowest BCUT2D eigenvalue weighted by Crippen LogP contribution is -2.16. The Morgan fingerprint density at radius 3 is 2.45 bits per heavy atom. The molecule has 5 heteroatoms. The zero-order valence-electron chi connectivity index (χ0n) is 11.4. The van der Waals surface area contributed by atoms with E-state index in [1.54, 1.807) is 0 Å². The Balaban J connectivity index is 1.92. The van der Waals surface area contributed by atoms with Gasteiger partial charge in [-0.15, -0.1) is 11.6 Å². The quantitative estimate of drug-likeness (QED) is 0.750. The minimum absolute atomic E-state index is 0.000299. The first-order chi connectivity index (χ1) is 9.54. The maximum Gasteiger partial charge on any atom is 0.323 e. The molecule has 1 heterocycles. The third-order valence-electron chi connectivity index (χ3n) is 4.40. The van der Waals surface area contributed by atoms with Crippen molar-refractivity contribution >= 4 is 38.6 Å². The Kier molecular flexibility index (Phi) is 3.95. The number of aromatic amines is 2. The van der Waals surface area contributed by atoms with Crippen LogP contribution in [0.1, 0.15) is 43.5 Å². The summed E-state index contributed by atoms with van der Waals surface area (Å²) in [5.41, 5.74) is 2.53. The fourth-order valence-electron chi connectivity index (χ4n) is 3.12. The van der Waals surface area contributed by atoms with E-state index in [1.165, 1.54) is 25.7 Å². The molecule has 1 aliphatic rings. The van der Waals surface area contributed by atoms with Gasteiger partial charge in [0.15, 0.2) is 0 Å². The SMILES string of the molecule is CC1CCC(C(Cl)c2cc3[nH]c(=O)[nH]c3cc2Br)CC1. The number of rotatable bonds is 2. The predicted molar refractivity (Wildman–Crippen MR) is 86.3 cm³/mol. The summed E-state index contributed by atoms with van der Waals surface area (Å²) in [5, 5.41) is -0.000299. The molecule has 2 aromatic rings. The monoisotopic (exact) mass is 356 g/mol. The van der Waals surface area contributed by atoms with Crippen LogP contribution in [0.25, 0.3) is 11.0 Å². The van der Waals surface area contributed by atoms with E-state index in [-0.39, 0.29) is 11.1 Å². The number of alkyl halides is 1. The van der Waals surface area contributed by atoms with Crippen LogP contribution in [0.5, 0.6) is 0 Å². The zero-order chi connectivity index (χ0) is 14.3. The fraction of sp³-hybridized carbons (Fsp3) is 0.533. The third-order valence-corrected chi connectivity index (χ3v) is 5.68. The summed E-state index contributed by atoms with van der Waals surface area (Å²) in [5.74, 6) is 1.34. The standard InChI is InChI=1S/C15H18BrClN2O/c1-8-2-4-9(5-3-8)14(17)10-6-12-13(7-11(10)16)19-15(20)18-12/h6-9,14H,2-5H2,1H3,(H2,18,19,20). The van der Waals surface area contributed by atoms with Gasteiger partial charge in [-0.2, -0.15) is 0 Å². The molecule has 0 radical (unpaired) electrons. The second-order valence-corrected chi connectivity index (χ2v) is 7.24. The molecule has 1 aromatic heterocycles. The molecule has 0 amide bonds. The lowest BCUT2D eigenvalue weighted by atomic mass is 9.80. The van der Waals surface area contributed by atoms with Crippen molar-refractivity contribution in [1.82, 2.24) is 9.97 Å². The number of nitrogens with one attached hydrogen (secondary N) is 2. The van der Waals surface area contributed by atoms with Crippen LogP contribution >= 0.6 is 27.5 Å². The Bertz CT molecular complexity index is 670. The summed E-state index contributed by atoms with van der Waals surface area (Å²) in [6.45, 7) is 2.31. The van der Waals surface area contributed by atoms with Crippen LogP contribution in [0, 0.1) is 11.8 Å². The van der Waals surface area contributed by atoms with Crippen LogP contribution in [0.2, 0.25) is 0 Å². The number of halogens is 2. The summed E-state index contributed by atoms with van der Waals surface area (Å²) >= 11 is 10.3. The Morgan fingerprint density at radius 2 is 1.80 bits per heavy atom. The highest BCUT2D eigenvalue weighted by atomic mass is 79.9. The van der Waals surface area contributed by atoms with Crippen molar-refractivity contribution in [2.45, 2.75) is 38.0 Å². The fourth-order valence-corrected chi connectivity index (χ4v) is 4.27. The van der Waals surface area contributed by atoms with E-state index in [2.05, 4.69) is 32.8 Å². The largest absolute Gasteiger partial charge is 0.323 e. The van der Waals surface area contributed by atoms with Gasteiger partial charge in [-0.25, -0.2) is 4.79 Å². The molecular formula is C15H18BrClN2O. The third kappa shape index (κ3) is 2.68. The topological polar surface area (TPSA) is 48.6 Å². The highest BCUT2D eigenvalue weighted by Crippen LogP contribution is 2.43. The van der Waals surface area contributed by atoms with Crippen molar-refractivity contribution in [2.24, 2.45) is 11.8 Å². The van der Waals surface area contributed by atoms with E-state index in [1.807, 2.05) is 12.1 Å². The van der Waals surface area contributed by atoms with Gasteiger partial charge in [-0.3, -0.25) is 0 Å². The van der Waals surface area contributed by atoms with E-state index in [0.29, 0.717) is 5.92 Å². The van der Waals surface area contributed by atoms with E-state index in [4.69, 9.17) is 11.6 Å². The molecule has 1 saturated carbocycles. The van der Waals surface area contributed by atoms with E-state index < -0.39 is 0 Å².